The number of aryl methyl sites for hydroxylation is 1. The van der Waals surface area contributed by atoms with Gasteiger partial charge in [0.15, 0.2) is 0 Å². The molecule has 0 aliphatic carbocycles. The lowest BCUT2D eigenvalue weighted by Crippen LogP contribution is -1.94. The van der Waals surface area contributed by atoms with Crippen LogP contribution in [-0.2, 0) is 5.75 Å². The van der Waals surface area contributed by atoms with E-state index in [0.29, 0.717) is 5.02 Å². The van der Waals surface area contributed by atoms with Crippen molar-refractivity contribution in [2.24, 2.45) is 0 Å². The summed E-state index contributed by atoms with van der Waals surface area (Å²) in [6, 6.07) is 11.7. The van der Waals surface area contributed by atoms with Crippen molar-refractivity contribution in [3.05, 3.63) is 52.5 Å². The van der Waals surface area contributed by atoms with Crippen LogP contribution in [0.4, 0.5) is 5.69 Å². The molecule has 2 aromatic rings. The van der Waals surface area contributed by atoms with Crippen molar-refractivity contribution in [1.82, 2.24) is 0 Å². The third kappa shape index (κ3) is 3.37. The van der Waals surface area contributed by atoms with Crippen molar-refractivity contribution >= 4 is 29.1 Å². The number of hydrogen-bond donors (Lipinski definition) is 1. The summed E-state index contributed by atoms with van der Waals surface area (Å²) in [6.07, 6.45) is 0. The summed E-state index contributed by atoms with van der Waals surface area (Å²) in [5.41, 5.74) is 9.08. The molecule has 0 aromatic heterocycles. The monoisotopic (exact) mass is 293 g/mol. The van der Waals surface area contributed by atoms with Crippen molar-refractivity contribution in [3.8, 4) is 5.75 Å². The maximum Gasteiger partial charge on any atom is 0.123 e. The number of anilines is 1. The van der Waals surface area contributed by atoms with Crippen molar-refractivity contribution in [1.29, 1.82) is 0 Å². The van der Waals surface area contributed by atoms with Crippen molar-refractivity contribution < 1.29 is 4.74 Å². The molecule has 2 rings (SSSR count). The lowest BCUT2D eigenvalue weighted by atomic mass is 10.2. The maximum atomic E-state index is 6.07. The van der Waals surface area contributed by atoms with Crippen molar-refractivity contribution in [3.63, 3.8) is 0 Å². The highest BCUT2D eigenvalue weighted by Crippen LogP contribution is 2.33. The van der Waals surface area contributed by atoms with Crippen molar-refractivity contribution in [2.75, 3.05) is 12.8 Å². The second-order valence-corrected chi connectivity index (χ2v) is 5.69. The Labute approximate surface area is 122 Å². The van der Waals surface area contributed by atoms with Crippen LogP contribution >= 0.6 is 23.4 Å². The molecule has 0 amide bonds. The van der Waals surface area contributed by atoms with Gasteiger partial charge in [-0.1, -0.05) is 23.7 Å². The third-order valence-corrected chi connectivity index (χ3v) is 4.27. The van der Waals surface area contributed by atoms with Gasteiger partial charge in [-0.3, -0.25) is 0 Å². The molecule has 2 nitrogen and oxygen atoms in total. The maximum absolute atomic E-state index is 6.07. The van der Waals surface area contributed by atoms with Crippen LogP contribution in [0.2, 0.25) is 5.02 Å². The molecule has 2 aromatic carbocycles. The number of nitrogen functional groups attached to an aromatic ring is 1. The molecule has 0 fully saturated rings. The van der Waals surface area contributed by atoms with E-state index in [1.807, 2.05) is 43.3 Å². The Morgan fingerprint density at radius 2 is 2.05 bits per heavy atom. The van der Waals surface area contributed by atoms with Gasteiger partial charge in [-0.2, -0.15) is 0 Å². The van der Waals surface area contributed by atoms with Crippen LogP contribution in [0.3, 0.4) is 0 Å². The molecule has 0 saturated heterocycles. The molecule has 0 saturated carbocycles. The molecule has 4 heteroatoms. The van der Waals surface area contributed by atoms with E-state index in [1.54, 1.807) is 18.9 Å². The fraction of sp³-hybridized carbons (Fsp3) is 0.200. The molecule has 100 valence electrons. The minimum absolute atomic E-state index is 0.716. The summed E-state index contributed by atoms with van der Waals surface area (Å²) in [5.74, 6) is 1.63. The molecule has 0 aliphatic heterocycles. The van der Waals surface area contributed by atoms with Gasteiger partial charge in [-0.25, -0.2) is 0 Å². The SMILES string of the molecule is COc1ccc(Cl)cc1CSc1cccc(C)c1N. The number of ether oxygens (including phenoxy) is 1. The average molecular weight is 294 g/mol. The van der Waals surface area contributed by atoms with Crippen LogP contribution in [0.25, 0.3) is 0 Å². The number of nitrogens with two attached hydrogens (primary N) is 1. The van der Waals surface area contributed by atoms with Crippen molar-refractivity contribution in [2.45, 2.75) is 17.6 Å². The topological polar surface area (TPSA) is 35.2 Å². The molecule has 2 N–H and O–H groups in total. The van der Waals surface area contributed by atoms with Crippen LogP contribution in [0.1, 0.15) is 11.1 Å². The van der Waals surface area contributed by atoms with Crippen LogP contribution in [0, 0.1) is 6.92 Å². The van der Waals surface area contributed by atoms with Gasteiger partial charge < -0.3 is 10.5 Å². The van der Waals surface area contributed by atoms with E-state index >= 15 is 0 Å². The minimum Gasteiger partial charge on any atom is -0.496 e. The third-order valence-electron chi connectivity index (χ3n) is 2.91. The quantitative estimate of drug-likeness (QED) is 0.664. The molecule has 0 heterocycles. The Balaban J connectivity index is 2.18. The first-order chi connectivity index (χ1) is 9.11. The second-order valence-electron chi connectivity index (χ2n) is 4.23. The highest BCUT2D eigenvalue weighted by molar-refractivity contribution is 7.98. The second kappa shape index (κ2) is 6.22. The predicted octanol–water partition coefficient (Wildman–Crippen LogP) is 4.53. The van der Waals surface area contributed by atoms with Crippen LogP contribution in [-0.4, -0.2) is 7.11 Å². The molecule has 0 aliphatic rings. The summed E-state index contributed by atoms with van der Waals surface area (Å²) >= 11 is 7.71. The molecule has 0 bridgehead atoms. The Hall–Kier alpha value is -1.32. The Bertz CT molecular complexity index is 586. The molecular formula is C15H16ClNOS. The van der Waals surface area contributed by atoms with Gasteiger partial charge in [0, 0.05) is 26.9 Å². The molecule has 0 unspecified atom stereocenters. The summed E-state index contributed by atoms with van der Waals surface area (Å²) in [5, 5.41) is 0.716. The molecule has 19 heavy (non-hydrogen) atoms. The number of halogens is 1. The molecular weight excluding hydrogens is 278 g/mol. The first kappa shape index (κ1) is 14.1. The predicted molar refractivity (Wildman–Crippen MR) is 83.2 cm³/mol. The summed E-state index contributed by atoms with van der Waals surface area (Å²) in [6.45, 7) is 2.01. The molecule has 0 spiro atoms. The summed E-state index contributed by atoms with van der Waals surface area (Å²) in [4.78, 5) is 1.09. The van der Waals surface area contributed by atoms with E-state index < -0.39 is 0 Å². The van der Waals surface area contributed by atoms with Crippen LogP contribution in [0.15, 0.2) is 41.3 Å². The van der Waals surface area contributed by atoms with Gasteiger partial charge in [-0.05, 0) is 36.8 Å². The van der Waals surface area contributed by atoms with Gasteiger partial charge in [0.05, 0.1) is 7.11 Å². The summed E-state index contributed by atoms with van der Waals surface area (Å²) in [7, 11) is 1.67. The summed E-state index contributed by atoms with van der Waals surface area (Å²) < 4.78 is 5.34. The highest BCUT2D eigenvalue weighted by Gasteiger charge is 2.07. The Morgan fingerprint density at radius 1 is 1.26 bits per heavy atom. The van der Waals surface area contributed by atoms with Gasteiger partial charge in [0.2, 0.25) is 0 Å². The normalized spacial score (nSPS) is 10.5. The van der Waals surface area contributed by atoms with Gasteiger partial charge in [0.1, 0.15) is 5.75 Å². The highest BCUT2D eigenvalue weighted by atomic mass is 35.5. The smallest absolute Gasteiger partial charge is 0.123 e. The lowest BCUT2D eigenvalue weighted by Gasteiger charge is -2.11. The van der Waals surface area contributed by atoms with Crippen LogP contribution < -0.4 is 10.5 Å². The Morgan fingerprint density at radius 3 is 2.79 bits per heavy atom. The molecule has 0 atom stereocenters. The largest absolute Gasteiger partial charge is 0.496 e. The number of thioether (sulfide) groups is 1. The number of methoxy groups -OCH3 is 1. The standard InChI is InChI=1S/C15H16ClNOS/c1-10-4-3-5-14(15(10)17)19-9-11-8-12(16)6-7-13(11)18-2/h3-8H,9,17H2,1-2H3. The minimum atomic E-state index is 0.716. The molecule has 0 radical (unpaired) electrons. The number of benzene rings is 2. The zero-order valence-electron chi connectivity index (χ0n) is 10.9. The number of hydrogen-bond acceptors (Lipinski definition) is 3. The van der Waals surface area contributed by atoms with E-state index in [2.05, 4.69) is 0 Å². The number of rotatable bonds is 4. The fourth-order valence-electron chi connectivity index (χ4n) is 1.80. The van der Waals surface area contributed by atoms with E-state index in [-0.39, 0.29) is 0 Å². The fourth-order valence-corrected chi connectivity index (χ4v) is 3.02. The van der Waals surface area contributed by atoms with E-state index in [9.17, 15) is 0 Å². The van der Waals surface area contributed by atoms with Gasteiger partial charge >= 0.3 is 0 Å². The first-order valence-corrected chi connectivity index (χ1v) is 7.28. The average Bonchev–Trinajstić information content (AvgIpc) is 2.40. The number of para-hydroxylation sites is 1. The van der Waals surface area contributed by atoms with Crippen LogP contribution in [0.5, 0.6) is 5.75 Å². The lowest BCUT2D eigenvalue weighted by molar-refractivity contribution is 0.411. The van der Waals surface area contributed by atoms with Gasteiger partial charge in [0.25, 0.3) is 0 Å². The Kier molecular flexibility index (Phi) is 4.61. The first-order valence-electron chi connectivity index (χ1n) is 5.92. The zero-order chi connectivity index (χ0) is 13.8. The van der Waals surface area contributed by atoms with E-state index in [4.69, 9.17) is 22.1 Å². The van der Waals surface area contributed by atoms with E-state index in [0.717, 1.165) is 33.2 Å². The zero-order valence-corrected chi connectivity index (χ0v) is 12.5. The van der Waals surface area contributed by atoms with E-state index in [1.165, 1.54) is 0 Å². The van der Waals surface area contributed by atoms with Gasteiger partial charge in [-0.15, -0.1) is 11.8 Å².